The summed E-state index contributed by atoms with van der Waals surface area (Å²) in [6.07, 6.45) is 0. The van der Waals surface area contributed by atoms with Crippen LogP contribution in [0.2, 0.25) is 0 Å². The lowest BCUT2D eigenvalue weighted by molar-refractivity contribution is -0.146. The van der Waals surface area contributed by atoms with Gasteiger partial charge in [0.1, 0.15) is 0 Å². The van der Waals surface area contributed by atoms with Gasteiger partial charge in [-0.3, -0.25) is 4.79 Å². The van der Waals surface area contributed by atoms with Crippen molar-refractivity contribution < 1.29 is 33.3 Å². The van der Waals surface area contributed by atoms with E-state index < -0.39 is 11.9 Å². The summed E-state index contributed by atoms with van der Waals surface area (Å²) in [6, 6.07) is 5.42. The molecule has 10 heteroatoms. The molecule has 1 heterocycles. The number of carbonyl (C=O) groups excluding carboxylic acids is 3. The van der Waals surface area contributed by atoms with E-state index in [1.54, 1.807) is 33.0 Å². The summed E-state index contributed by atoms with van der Waals surface area (Å²) < 4.78 is 20.4. The molecule has 1 aliphatic heterocycles. The third kappa shape index (κ3) is 6.31. The van der Waals surface area contributed by atoms with Crippen molar-refractivity contribution in [3.05, 3.63) is 34.4 Å². The summed E-state index contributed by atoms with van der Waals surface area (Å²) >= 11 is 1.01. The van der Waals surface area contributed by atoms with Crippen LogP contribution >= 0.6 is 11.8 Å². The van der Waals surface area contributed by atoms with Crippen molar-refractivity contribution in [2.75, 3.05) is 32.8 Å². The number of ether oxygens (including phenoxy) is 4. The molecule has 1 aromatic carbocycles. The van der Waals surface area contributed by atoms with Gasteiger partial charge in [-0.25, -0.2) is 9.59 Å². The van der Waals surface area contributed by atoms with Crippen LogP contribution in [0.15, 0.2) is 28.8 Å². The molecule has 1 amide bonds. The first-order chi connectivity index (χ1) is 14.0. The second kappa shape index (κ2) is 11.2. The predicted molar refractivity (Wildman–Crippen MR) is 106 cm³/mol. The van der Waals surface area contributed by atoms with Crippen molar-refractivity contribution in [3.8, 4) is 11.5 Å². The molecule has 2 N–H and O–H groups in total. The first-order valence-electron chi connectivity index (χ1n) is 9.04. The zero-order valence-electron chi connectivity index (χ0n) is 16.5. The summed E-state index contributed by atoms with van der Waals surface area (Å²) in [5.74, 6) is -0.576. The van der Waals surface area contributed by atoms with Crippen molar-refractivity contribution in [2.45, 2.75) is 20.4 Å². The van der Waals surface area contributed by atoms with Crippen molar-refractivity contribution in [2.24, 2.45) is 0 Å². The summed E-state index contributed by atoms with van der Waals surface area (Å²) in [5.41, 5.74) is 0.598. The number of thioether (sulfide) groups is 1. The van der Waals surface area contributed by atoms with Gasteiger partial charge in [-0.1, -0.05) is 17.8 Å². The summed E-state index contributed by atoms with van der Waals surface area (Å²) in [6.45, 7) is 3.98. The van der Waals surface area contributed by atoms with Crippen LogP contribution in [-0.4, -0.2) is 50.7 Å². The normalized spacial score (nSPS) is 11.4. The zero-order valence-corrected chi connectivity index (χ0v) is 17.4. The van der Waals surface area contributed by atoms with Gasteiger partial charge < -0.3 is 29.6 Å². The van der Waals surface area contributed by atoms with Gasteiger partial charge >= 0.3 is 11.9 Å². The summed E-state index contributed by atoms with van der Waals surface area (Å²) in [4.78, 5) is 36.5. The molecule has 0 atom stereocenters. The van der Waals surface area contributed by atoms with Crippen LogP contribution in [0.4, 0.5) is 0 Å². The molecule has 9 nitrogen and oxygen atoms in total. The minimum absolute atomic E-state index is 0.0109. The number of rotatable bonds is 10. The number of carbonyl (C=O) groups is 3. The number of amides is 1. The molecule has 0 bridgehead atoms. The Morgan fingerprint density at radius 2 is 1.72 bits per heavy atom. The topological polar surface area (TPSA) is 112 Å². The minimum atomic E-state index is -0.802. The van der Waals surface area contributed by atoms with E-state index in [2.05, 4.69) is 10.6 Å². The molecule has 1 aromatic rings. The zero-order chi connectivity index (χ0) is 21.2. The van der Waals surface area contributed by atoms with E-state index in [0.717, 1.165) is 17.3 Å². The largest absolute Gasteiger partial charge is 0.462 e. The molecule has 0 saturated heterocycles. The standard InChI is InChI=1S/C19H24N2O7S/c1-4-25-18(23)16(19(24)26-5-2)17(20-3)29-10-15(22)21-9-12-6-7-13-14(8-12)28-11-27-13/h6-8,20H,4-5,9-11H2,1-3H3,(H,21,22). The van der Waals surface area contributed by atoms with E-state index in [-0.39, 0.29) is 42.3 Å². The maximum Gasteiger partial charge on any atom is 0.348 e. The second-order valence-corrected chi connectivity index (χ2v) is 6.63. The SMILES string of the molecule is CCOC(=O)C(C(=O)OCC)=C(NC)SCC(=O)NCc1ccc2c(c1)OCO2. The highest BCUT2D eigenvalue weighted by atomic mass is 32.2. The molecular weight excluding hydrogens is 400 g/mol. The van der Waals surface area contributed by atoms with E-state index in [1.807, 2.05) is 6.07 Å². The van der Waals surface area contributed by atoms with Gasteiger partial charge in [0.25, 0.3) is 0 Å². The van der Waals surface area contributed by atoms with Gasteiger partial charge in [-0.2, -0.15) is 0 Å². The summed E-state index contributed by atoms with van der Waals surface area (Å²) in [7, 11) is 1.55. The van der Waals surface area contributed by atoms with Crippen molar-refractivity contribution >= 4 is 29.6 Å². The number of benzene rings is 1. The van der Waals surface area contributed by atoms with Crippen LogP contribution in [0.25, 0.3) is 0 Å². The molecule has 0 fully saturated rings. The van der Waals surface area contributed by atoms with Gasteiger partial charge in [0.15, 0.2) is 17.1 Å². The second-order valence-electron chi connectivity index (χ2n) is 5.65. The smallest absolute Gasteiger partial charge is 0.348 e. The van der Waals surface area contributed by atoms with Gasteiger partial charge in [0.2, 0.25) is 12.7 Å². The molecule has 158 valence electrons. The molecule has 0 aromatic heterocycles. The Morgan fingerprint density at radius 3 is 2.34 bits per heavy atom. The van der Waals surface area contributed by atoms with E-state index in [9.17, 15) is 14.4 Å². The monoisotopic (exact) mass is 424 g/mol. The molecular formula is C19H24N2O7S. The lowest BCUT2D eigenvalue weighted by atomic mass is 10.2. The predicted octanol–water partition coefficient (Wildman–Crippen LogP) is 1.32. The molecule has 0 spiro atoms. The van der Waals surface area contributed by atoms with Crippen LogP contribution < -0.4 is 20.1 Å². The lowest BCUT2D eigenvalue weighted by Crippen LogP contribution is -2.27. The highest BCUT2D eigenvalue weighted by molar-refractivity contribution is 8.03. The Kier molecular flexibility index (Phi) is 8.66. The minimum Gasteiger partial charge on any atom is -0.462 e. The summed E-state index contributed by atoms with van der Waals surface area (Å²) in [5, 5.41) is 5.76. The Hall–Kier alpha value is -2.88. The molecule has 0 unspecified atom stereocenters. The number of nitrogens with one attached hydrogen (secondary N) is 2. The molecule has 0 saturated carbocycles. The first-order valence-corrected chi connectivity index (χ1v) is 10.0. The van der Waals surface area contributed by atoms with Crippen LogP contribution in [0.3, 0.4) is 0 Å². The van der Waals surface area contributed by atoms with Gasteiger partial charge in [0.05, 0.1) is 24.0 Å². The fourth-order valence-corrected chi connectivity index (χ4v) is 3.22. The highest BCUT2D eigenvalue weighted by Crippen LogP contribution is 2.32. The van der Waals surface area contributed by atoms with Gasteiger partial charge in [-0.15, -0.1) is 0 Å². The van der Waals surface area contributed by atoms with Gasteiger partial charge in [-0.05, 0) is 31.5 Å². The van der Waals surface area contributed by atoms with Crippen LogP contribution in [-0.2, 0) is 30.4 Å². The Morgan fingerprint density at radius 1 is 1.07 bits per heavy atom. The van der Waals surface area contributed by atoms with Crippen LogP contribution in [0, 0.1) is 0 Å². The Balaban J connectivity index is 1.97. The van der Waals surface area contributed by atoms with E-state index >= 15 is 0 Å². The molecule has 29 heavy (non-hydrogen) atoms. The van der Waals surface area contributed by atoms with Gasteiger partial charge in [0, 0.05) is 13.6 Å². The van der Waals surface area contributed by atoms with E-state index in [1.165, 1.54) is 0 Å². The third-order valence-electron chi connectivity index (χ3n) is 3.69. The molecule has 2 rings (SSSR count). The molecule has 0 radical (unpaired) electrons. The number of hydrogen-bond acceptors (Lipinski definition) is 9. The number of hydrogen-bond donors (Lipinski definition) is 2. The average Bonchev–Trinajstić information content (AvgIpc) is 3.17. The maximum absolute atomic E-state index is 12.2. The number of fused-ring (bicyclic) bond motifs is 1. The Labute approximate surface area is 173 Å². The quantitative estimate of drug-likeness (QED) is 0.248. The van der Waals surface area contributed by atoms with Crippen molar-refractivity contribution in [1.82, 2.24) is 10.6 Å². The van der Waals surface area contributed by atoms with Crippen molar-refractivity contribution in [1.29, 1.82) is 0 Å². The lowest BCUT2D eigenvalue weighted by Gasteiger charge is -2.13. The third-order valence-corrected chi connectivity index (χ3v) is 4.79. The van der Waals surface area contributed by atoms with Crippen molar-refractivity contribution in [3.63, 3.8) is 0 Å². The average molecular weight is 424 g/mol. The number of esters is 2. The van der Waals surface area contributed by atoms with Crippen LogP contribution in [0.1, 0.15) is 19.4 Å². The molecule has 1 aliphatic rings. The highest BCUT2D eigenvalue weighted by Gasteiger charge is 2.26. The fraction of sp³-hybridized carbons (Fsp3) is 0.421. The first kappa shape index (κ1) is 22.4. The fourth-order valence-electron chi connectivity index (χ4n) is 2.38. The van der Waals surface area contributed by atoms with Crippen LogP contribution in [0.5, 0.6) is 11.5 Å². The van der Waals surface area contributed by atoms with E-state index in [4.69, 9.17) is 18.9 Å². The Bertz CT molecular complexity index is 775. The van der Waals surface area contributed by atoms with E-state index in [0.29, 0.717) is 18.0 Å². The maximum atomic E-state index is 12.2. The molecule has 0 aliphatic carbocycles.